The highest BCUT2D eigenvalue weighted by Crippen LogP contribution is 2.23. The number of ketones is 1. The lowest BCUT2D eigenvalue weighted by molar-refractivity contribution is 0.0462. The number of nitrogens with zero attached hydrogens (tertiary/aromatic N) is 3. The van der Waals surface area contributed by atoms with E-state index in [-0.39, 0.29) is 18.2 Å². The minimum Gasteiger partial charge on any atom is -0.451 e. The largest absolute Gasteiger partial charge is 0.451 e. The molecule has 3 aromatic carbocycles. The number of Topliss-reactive ketones (excluding diaryl/α,β-unsaturated/α-hetero) is 1. The van der Waals surface area contributed by atoms with E-state index < -0.39 is 5.97 Å². The van der Waals surface area contributed by atoms with Gasteiger partial charge in [0, 0.05) is 15.6 Å². The smallest absolute Gasteiger partial charge is 0.378 e. The van der Waals surface area contributed by atoms with Crippen molar-refractivity contribution in [1.29, 1.82) is 0 Å². The number of ether oxygens (including phenoxy) is 1. The molecule has 1 aromatic heterocycles. The molecule has 0 amide bonds. The first-order valence-electron chi connectivity index (χ1n) is 9.15. The summed E-state index contributed by atoms with van der Waals surface area (Å²) >= 11 is 3.41. The van der Waals surface area contributed by atoms with Crippen LogP contribution < -0.4 is 0 Å². The number of hydrogen-bond donors (Lipinski definition) is 0. The molecule has 7 heteroatoms. The average Bonchev–Trinajstić information content (AvgIpc) is 3.24. The van der Waals surface area contributed by atoms with Gasteiger partial charge in [-0.05, 0) is 24.3 Å². The third-order valence-electron chi connectivity index (χ3n) is 4.32. The zero-order chi connectivity index (χ0) is 20.9. The van der Waals surface area contributed by atoms with Gasteiger partial charge in [0.1, 0.15) is 0 Å². The molecule has 0 atom stereocenters. The number of esters is 1. The third-order valence-corrected chi connectivity index (χ3v) is 4.85. The molecular formula is C23H16BrN3O3. The van der Waals surface area contributed by atoms with Crippen LogP contribution in [-0.2, 0) is 4.74 Å². The number of hydrogen-bond acceptors (Lipinski definition) is 5. The number of para-hydroxylation sites is 1. The molecule has 0 saturated heterocycles. The standard InChI is InChI=1S/C23H16BrN3O3/c24-18-13-11-17(12-14-18)22-25-21(26-27(22)19-9-5-2-6-10-19)23(29)30-15-20(28)16-7-3-1-4-8-16/h1-14H,15H2. The Hall–Kier alpha value is -3.58. The van der Waals surface area contributed by atoms with E-state index in [0.29, 0.717) is 11.4 Å². The Kier molecular flexibility index (Phi) is 5.81. The minimum absolute atomic E-state index is 0.113. The Bertz CT molecular complexity index is 1170. The maximum Gasteiger partial charge on any atom is 0.378 e. The first-order valence-corrected chi connectivity index (χ1v) is 9.95. The van der Waals surface area contributed by atoms with Gasteiger partial charge < -0.3 is 4.74 Å². The van der Waals surface area contributed by atoms with E-state index in [1.54, 1.807) is 28.9 Å². The molecule has 0 aliphatic rings. The fourth-order valence-electron chi connectivity index (χ4n) is 2.84. The number of halogens is 1. The summed E-state index contributed by atoms with van der Waals surface area (Å²) in [5.41, 5.74) is 2.01. The van der Waals surface area contributed by atoms with Crippen molar-refractivity contribution < 1.29 is 14.3 Å². The van der Waals surface area contributed by atoms with Crippen LogP contribution in [0, 0.1) is 0 Å². The van der Waals surface area contributed by atoms with Crippen LogP contribution >= 0.6 is 15.9 Å². The van der Waals surface area contributed by atoms with Crippen LogP contribution in [0.25, 0.3) is 17.1 Å². The molecule has 0 spiro atoms. The van der Waals surface area contributed by atoms with Gasteiger partial charge in [-0.15, -0.1) is 5.10 Å². The van der Waals surface area contributed by atoms with Crippen molar-refractivity contribution in [2.45, 2.75) is 0 Å². The van der Waals surface area contributed by atoms with Crippen LogP contribution in [0.4, 0.5) is 0 Å². The second-order valence-corrected chi connectivity index (χ2v) is 7.29. The van der Waals surface area contributed by atoms with Crippen LogP contribution in [0.1, 0.15) is 21.0 Å². The zero-order valence-electron chi connectivity index (χ0n) is 15.7. The lowest BCUT2D eigenvalue weighted by Crippen LogP contribution is -2.15. The molecule has 0 unspecified atom stereocenters. The quantitative estimate of drug-likeness (QED) is 0.306. The van der Waals surface area contributed by atoms with E-state index in [4.69, 9.17) is 4.74 Å². The predicted octanol–water partition coefficient (Wildman–Crippen LogP) is 4.74. The maximum atomic E-state index is 12.5. The van der Waals surface area contributed by atoms with Gasteiger partial charge in [-0.1, -0.05) is 76.6 Å². The second kappa shape index (κ2) is 8.84. The Morgan fingerprint density at radius 1 is 0.867 bits per heavy atom. The van der Waals surface area contributed by atoms with E-state index in [1.807, 2.05) is 60.7 Å². The topological polar surface area (TPSA) is 74.1 Å². The van der Waals surface area contributed by atoms with Gasteiger partial charge in [-0.3, -0.25) is 4.79 Å². The lowest BCUT2D eigenvalue weighted by atomic mass is 10.1. The Morgan fingerprint density at radius 3 is 2.17 bits per heavy atom. The van der Waals surface area contributed by atoms with Crippen LogP contribution in [0.15, 0.2) is 89.4 Å². The SMILES string of the molecule is O=C(COC(=O)c1nc(-c2ccc(Br)cc2)n(-c2ccccc2)n1)c1ccccc1. The first kappa shape index (κ1) is 19.7. The Labute approximate surface area is 181 Å². The summed E-state index contributed by atoms with van der Waals surface area (Å²) in [6, 6.07) is 25.6. The predicted molar refractivity (Wildman–Crippen MR) is 116 cm³/mol. The van der Waals surface area contributed by atoms with Gasteiger partial charge in [0.2, 0.25) is 0 Å². The number of benzene rings is 3. The highest BCUT2D eigenvalue weighted by Gasteiger charge is 2.21. The monoisotopic (exact) mass is 461 g/mol. The van der Waals surface area contributed by atoms with Gasteiger partial charge in [0.25, 0.3) is 5.82 Å². The van der Waals surface area contributed by atoms with Crippen molar-refractivity contribution in [3.63, 3.8) is 0 Å². The fraction of sp³-hybridized carbons (Fsp3) is 0.0435. The molecular weight excluding hydrogens is 446 g/mol. The molecule has 6 nitrogen and oxygen atoms in total. The van der Waals surface area contributed by atoms with Crippen LogP contribution in [0.2, 0.25) is 0 Å². The van der Waals surface area contributed by atoms with E-state index >= 15 is 0 Å². The molecule has 30 heavy (non-hydrogen) atoms. The highest BCUT2D eigenvalue weighted by molar-refractivity contribution is 9.10. The van der Waals surface area contributed by atoms with Crippen LogP contribution in [-0.4, -0.2) is 33.1 Å². The molecule has 1 heterocycles. The van der Waals surface area contributed by atoms with Gasteiger partial charge >= 0.3 is 5.97 Å². The normalized spacial score (nSPS) is 10.6. The third kappa shape index (κ3) is 4.36. The Balaban J connectivity index is 1.61. The van der Waals surface area contributed by atoms with Crippen molar-refractivity contribution in [3.05, 3.63) is 101 Å². The minimum atomic E-state index is -0.757. The van der Waals surface area contributed by atoms with E-state index in [1.165, 1.54) is 0 Å². The molecule has 0 aliphatic carbocycles. The average molecular weight is 462 g/mol. The van der Waals surface area contributed by atoms with Crippen molar-refractivity contribution >= 4 is 27.7 Å². The Morgan fingerprint density at radius 2 is 1.50 bits per heavy atom. The number of aromatic nitrogens is 3. The molecule has 0 N–H and O–H groups in total. The number of carbonyl (C=O) groups excluding carboxylic acids is 2. The maximum absolute atomic E-state index is 12.5. The van der Waals surface area contributed by atoms with Crippen LogP contribution in [0.3, 0.4) is 0 Å². The first-order chi connectivity index (χ1) is 14.6. The highest BCUT2D eigenvalue weighted by atomic mass is 79.9. The molecule has 4 aromatic rings. The summed E-state index contributed by atoms with van der Waals surface area (Å²) in [5.74, 6) is -0.667. The summed E-state index contributed by atoms with van der Waals surface area (Å²) in [4.78, 5) is 29.1. The van der Waals surface area contributed by atoms with Gasteiger partial charge in [0.15, 0.2) is 18.2 Å². The molecule has 148 valence electrons. The van der Waals surface area contributed by atoms with E-state index in [9.17, 15) is 9.59 Å². The zero-order valence-corrected chi connectivity index (χ0v) is 17.3. The summed E-state index contributed by atoms with van der Waals surface area (Å²) in [7, 11) is 0. The molecule has 0 bridgehead atoms. The van der Waals surface area contributed by atoms with Crippen molar-refractivity contribution in [3.8, 4) is 17.1 Å². The van der Waals surface area contributed by atoms with Crippen molar-refractivity contribution in [2.75, 3.05) is 6.61 Å². The van der Waals surface area contributed by atoms with Crippen molar-refractivity contribution in [2.24, 2.45) is 0 Å². The van der Waals surface area contributed by atoms with E-state index in [0.717, 1.165) is 15.7 Å². The summed E-state index contributed by atoms with van der Waals surface area (Å²) in [6.45, 7) is -0.379. The van der Waals surface area contributed by atoms with Crippen LogP contribution in [0.5, 0.6) is 0 Å². The molecule has 0 radical (unpaired) electrons. The molecule has 0 saturated carbocycles. The second-order valence-electron chi connectivity index (χ2n) is 6.38. The summed E-state index contributed by atoms with van der Waals surface area (Å²) in [6.07, 6.45) is 0. The summed E-state index contributed by atoms with van der Waals surface area (Å²) in [5, 5.41) is 4.34. The van der Waals surface area contributed by atoms with Gasteiger partial charge in [-0.2, -0.15) is 0 Å². The number of carbonyl (C=O) groups is 2. The van der Waals surface area contributed by atoms with Gasteiger partial charge in [-0.25, -0.2) is 14.5 Å². The van der Waals surface area contributed by atoms with Crippen molar-refractivity contribution in [1.82, 2.24) is 14.8 Å². The lowest BCUT2D eigenvalue weighted by Gasteiger charge is -2.05. The van der Waals surface area contributed by atoms with Gasteiger partial charge in [0.05, 0.1) is 5.69 Å². The van der Waals surface area contributed by atoms with E-state index in [2.05, 4.69) is 26.0 Å². The molecule has 0 fully saturated rings. The molecule has 0 aliphatic heterocycles. The fourth-order valence-corrected chi connectivity index (χ4v) is 3.10. The summed E-state index contributed by atoms with van der Waals surface area (Å²) < 4.78 is 7.68. The number of rotatable bonds is 6. The molecule has 4 rings (SSSR count).